The molecule has 0 aliphatic carbocycles. The lowest BCUT2D eigenvalue weighted by Crippen LogP contribution is -2.08. The van der Waals surface area contributed by atoms with Gasteiger partial charge in [0, 0.05) is 15.7 Å². The number of hydrogen-bond acceptors (Lipinski definition) is 2. The van der Waals surface area contributed by atoms with Gasteiger partial charge in [0.2, 0.25) is 0 Å². The lowest BCUT2D eigenvalue weighted by atomic mass is 10.1. The van der Waals surface area contributed by atoms with Crippen molar-refractivity contribution in [1.29, 1.82) is 5.26 Å². The van der Waals surface area contributed by atoms with Crippen LogP contribution in [-0.2, 0) is 0 Å². The van der Waals surface area contributed by atoms with Crippen LogP contribution in [0.3, 0.4) is 0 Å². The molecule has 0 fully saturated rings. The highest BCUT2D eigenvalue weighted by molar-refractivity contribution is 6.31. The van der Waals surface area contributed by atoms with Crippen LogP contribution in [0.25, 0.3) is 0 Å². The van der Waals surface area contributed by atoms with E-state index in [1.54, 1.807) is 12.1 Å². The molecule has 96 valence electrons. The molecule has 1 N–H and O–H groups in total. The highest BCUT2D eigenvalue weighted by atomic mass is 35.5. The number of anilines is 1. The maximum Gasteiger partial charge on any atom is 0.140 e. The number of nitrogens with zero attached hydrogens (tertiary/aromatic N) is 1. The molecule has 19 heavy (non-hydrogen) atoms. The van der Waals surface area contributed by atoms with E-state index in [0.29, 0.717) is 10.0 Å². The van der Waals surface area contributed by atoms with Crippen molar-refractivity contribution in [3.8, 4) is 6.07 Å². The summed E-state index contributed by atoms with van der Waals surface area (Å²) in [5, 5.41) is 13.7. The van der Waals surface area contributed by atoms with Crippen molar-refractivity contribution in [1.82, 2.24) is 0 Å². The lowest BCUT2D eigenvalue weighted by molar-refractivity contribution is 0.996. The third-order valence-corrected chi connectivity index (χ3v) is 3.44. The van der Waals surface area contributed by atoms with Crippen molar-refractivity contribution >= 4 is 28.9 Å². The van der Waals surface area contributed by atoms with Gasteiger partial charge in [-0.3, -0.25) is 0 Å². The highest BCUT2D eigenvalue weighted by Gasteiger charge is 2.11. The van der Waals surface area contributed by atoms with E-state index in [2.05, 4.69) is 11.4 Å². The Morgan fingerprint density at radius 2 is 1.95 bits per heavy atom. The summed E-state index contributed by atoms with van der Waals surface area (Å²) in [6.07, 6.45) is 0. The zero-order valence-corrected chi connectivity index (χ0v) is 11.8. The van der Waals surface area contributed by atoms with Crippen LogP contribution in [0.4, 0.5) is 5.69 Å². The van der Waals surface area contributed by atoms with Crippen molar-refractivity contribution in [2.24, 2.45) is 0 Å². The Kier molecular flexibility index (Phi) is 4.31. The number of aryl methyl sites for hydroxylation is 1. The molecule has 0 saturated heterocycles. The zero-order valence-electron chi connectivity index (χ0n) is 10.3. The number of nitrogens with one attached hydrogen (secondary N) is 1. The number of halogens is 2. The second-order valence-corrected chi connectivity index (χ2v) is 5.07. The quantitative estimate of drug-likeness (QED) is 0.865. The first-order chi connectivity index (χ1) is 9.10. The monoisotopic (exact) mass is 290 g/mol. The Labute approximate surface area is 122 Å². The molecule has 0 aromatic heterocycles. The predicted octanol–water partition coefficient (Wildman–Crippen LogP) is 4.98. The Bertz CT molecular complexity index is 632. The molecule has 0 radical (unpaired) electrons. The molecule has 0 amide bonds. The molecule has 0 aliphatic heterocycles. The van der Waals surface area contributed by atoms with Gasteiger partial charge in [0.1, 0.15) is 6.04 Å². The molecule has 2 aromatic carbocycles. The highest BCUT2D eigenvalue weighted by Crippen LogP contribution is 2.25. The van der Waals surface area contributed by atoms with E-state index >= 15 is 0 Å². The normalized spacial score (nSPS) is 11.7. The van der Waals surface area contributed by atoms with E-state index in [9.17, 15) is 5.26 Å². The minimum Gasteiger partial charge on any atom is -0.366 e. The maximum atomic E-state index is 9.28. The minimum absolute atomic E-state index is 0.462. The number of hydrogen-bond donors (Lipinski definition) is 1. The largest absolute Gasteiger partial charge is 0.366 e. The first-order valence-electron chi connectivity index (χ1n) is 5.78. The molecule has 0 heterocycles. The van der Waals surface area contributed by atoms with Gasteiger partial charge in [-0.15, -0.1) is 0 Å². The van der Waals surface area contributed by atoms with Crippen LogP contribution < -0.4 is 5.32 Å². The summed E-state index contributed by atoms with van der Waals surface area (Å²) in [6, 6.07) is 14.6. The fourth-order valence-electron chi connectivity index (χ4n) is 1.72. The van der Waals surface area contributed by atoms with E-state index < -0.39 is 6.04 Å². The number of benzene rings is 2. The smallest absolute Gasteiger partial charge is 0.140 e. The first-order valence-corrected chi connectivity index (χ1v) is 6.53. The van der Waals surface area contributed by atoms with Crippen LogP contribution in [0.15, 0.2) is 42.5 Å². The Morgan fingerprint density at radius 1 is 1.16 bits per heavy atom. The molecule has 2 aromatic rings. The van der Waals surface area contributed by atoms with Crippen LogP contribution in [0.5, 0.6) is 0 Å². The van der Waals surface area contributed by atoms with Crippen molar-refractivity contribution in [2.75, 3.05) is 5.32 Å². The van der Waals surface area contributed by atoms with Crippen LogP contribution >= 0.6 is 23.2 Å². The van der Waals surface area contributed by atoms with Gasteiger partial charge in [-0.1, -0.05) is 41.4 Å². The van der Waals surface area contributed by atoms with Gasteiger partial charge in [0.05, 0.1) is 6.07 Å². The summed E-state index contributed by atoms with van der Waals surface area (Å²) in [5.74, 6) is 0. The second-order valence-electron chi connectivity index (χ2n) is 4.23. The molecule has 1 atom stereocenters. The van der Waals surface area contributed by atoms with E-state index in [0.717, 1.165) is 16.8 Å². The van der Waals surface area contributed by atoms with Gasteiger partial charge in [-0.25, -0.2) is 0 Å². The summed E-state index contributed by atoms with van der Waals surface area (Å²) in [6.45, 7) is 1.93. The molecule has 0 spiro atoms. The van der Waals surface area contributed by atoms with Gasteiger partial charge in [-0.05, 0) is 42.3 Å². The van der Waals surface area contributed by atoms with E-state index in [1.807, 2.05) is 37.3 Å². The van der Waals surface area contributed by atoms with Gasteiger partial charge in [-0.2, -0.15) is 5.26 Å². The molecule has 4 heteroatoms. The predicted molar refractivity (Wildman–Crippen MR) is 79.6 cm³/mol. The number of nitriles is 1. The molecule has 2 rings (SSSR count). The van der Waals surface area contributed by atoms with Crippen LogP contribution in [0.1, 0.15) is 17.2 Å². The van der Waals surface area contributed by atoms with Crippen LogP contribution in [0.2, 0.25) is 10.0 Å². The summed E-state index contributed by atoms with van der Waals surface area (Å²) < 4.78 is 0. The van der Waals surface area contributed by atoms with E-state index in [-0.39, 0.29) is 0 Å². The number of rotatable bonds is 3. The Balaban J connectivity index is 2.25. The lowest BCUT2D eigenvalue weighted by Gasteiger charge is -2.14. The maximum absolute atomic E-state index is 9.28. The molecule has 2 nitrogen and oxygen atoms in total. The Hall–Kier alpha value is -1.69. The summed E-state index contributed by atoms with van der Waals surface area (Å²) in [5.41, 5.74) is 2.62. The third-order valence-electron chi connectivity index (χ3n) is 2.79. The van der Waals surface area contributed by atoms with Gasteiger partial charge in [0.25, 0.3) is 0 Å². The van der Waals surface area contributed by atoms with Crippen LogP contribution in [-0.4, -0.2) is 0 Å². The van der Waals surface area contributed by atoms with Crippen molar-refractivity contribution in [2.45, 2.75) is 13.0 Å². The van der Waals surface area contributed by atoms with Gasteiger partial charge >= 0.3 is 0 Å². The second kappa shape index (κ2) is 5.97. The molecule has 0 bridgehead atoms. The summed E-state index contributed by atoms with van der Waals surface area (Å²) in [7, 11) is 0. The average molecular weight is 291 g/mol. The standard InChI is InChI=1S/C15H12Cl2N2/c1-10-5-6-11(7-14(10)17)15(9-18)19-13-4-2-3-12(16)8-13/h2-8,15,19H,1H3. The Morgan fingerprint density at radius 3 is 2.58 bits per heavy atom. The fraction of sp³-hybridized carbons (Fsp3) is 0.133. The van der Waals surface area contributed by atoms with Crippen molar-refractivity contribution in [3.05, 3.63) is 63.6 Å². The first kappa shape index (κ1) is 13.7. The fourth-order valence-corrected chi connectivity index (χ4v) is 2.10. The molecule has 1 unspecified atom stereocenters. The van der Waals surface area contributed by atoms with E-state index in [4.69, 9.17) is 23.2 Å². The summed E-state index contributed by atoms with van der Waals surface area (Å²) >= 11 is 12.0. The van der Waals surface area contributed by atoms with Crippen LogP contribution in [0, 0.1) is 18.3 Å². The molecular weight excluding hydrogens is 279 g/mol. The third kappa shape index (κ3) is 3.41. The van der Waals surface area contributed by atoms with E-state index in [1.165, 1.54) is 0 Å². The minimum atomic E-state index is -0.462. The average Bonchev–Trinajstić information content (AvgIpc) is 2.39. The van der Waals surface area contributed by atoms with Crippen molar-refractivity contribution in [3.63, 3.8) is 0 Å². The molecule has 0 saturated carbocycles. The SMILES string of the molecule is Cc1ccc(C(C#N)Nc2cccc(Cl)c2)cc1Cl. The zero-order chi connectivity index (χ0) is 13.8. The molecule has 0 aliphatic rings. The molecular formula is C15H12Cl2N2. The van der Waals surface area contributed by atoms with Crippen molar-refractivity contribution < 1.29 is 0 Å². The van der Waals surface area contributed by atoms with Gasteiger partial charge in [0.15, 0.2) is 0 Å². The summed E-state index contributed by atoms with van der Waals surface area (Å²) in [4.78, 5) is 0. The topological polar surface area (TPSA) is 35.8 Å². The van der Waals surface area contributed by atoms with Gasteiger partial charge < -0.3 is 5.32 Å².